The standard InChI is InChI=1S/C15H25NO3/c1-4-13(16)11-12-7-6-8-14(17-3)15(12)19-10-9-18-5-2/h6-8,13H,4-5,9-11,16H2,1-3H3. The van der Waals surface area contributed by atoms with Crippen LogP contribution >= 0.6 is 0 Å². The zero-order valence-corrected chi connectivity index (χ0v) is 12.1. The van der Waals surface area contributed by atoms with E-state index in [1.807, 2.05) is 25.1 Å². The minimum absolute atomic E-state index is 0.140. The quantitative estimate of drug-likeness (QED) is 0.698. The topological polar surface area (TPSA) is 53.7 Å². The molecule has 0 aliphatic heterocycles. The third-order valence-electron chi connectivity index (χ3n) is 2.97. The van der Waals surface area contributed by atoms with Gasteiger partial charge in [0.1, 0.15) is 6.61 Å². The van der Waals surface area contributed by atoms with Crippen LogP contribution in [0.4, 0.5) is 0 Å². The van der Waals surface area contributed by atoms with Crippen LogP contribution in [0, 0.1) is 0 Å². The molecule has 0 amide bonds. The van der Waals surface area contributed by atoms with E-state index in [1.165, 1.54) is 0 Å². The summed E-state index contributed by atoms with van der Waals surface area (Å²) in [6.07, 6.45) is 1.73. The largest absolute Gasteiger partial charge is 0.493 e. The zero-order chi connectivity index (χ0) is 14.1. The summed E-state index contributed by atoms with van der Waals surface area (Å²) < 4.78 is 16.4. The second-order valence-electron chi connectivity index (χ2n) is 4.37. The van der Waals surface area contributed by atoms with Gasteiger partial charge in [0.25, 0.3) is 0 Å². The molecular weight excluding hydrogens is 242 g/mol. The lowest BCUT2D eigenvalue weighted by Gasteiger charge is -2.17. The van der Waals surface area contributed by atoms with Gasteiger partial charge >= 0.3 is 0 Å². The number of hydrogen-bond donors (Lipinski definition) is 1. The Bertz CT molecular complexity index is 368. The van der Waals surface area contributed by atoms with Gasteiger partial charge in [-0.1, -0.05) is 19.1 Å². The maximum Gasteiger partial charge on any atom is 0.164 e. The lowest BCUT2D eigenvalue weighted by Crippen LogP contribution is -2.22. The number of ether oxygens (including phenoxy) is 3. The van der Waals surface area contributed by atoms with Crippen LogP contribution < -0.4 is 15.2 Å². The van der Waals surface area contributed by atoms with E-state index in [0.29, 0.717) is 19.8 Å². The fraction of sp³-hybridized carbons (Fsp3) is 0.600. The molecule has 4 nitrogen and oxygen atoms in total. The van der Waals surface area contributed by atoms with Gasteiger partial charge in [-0.15, -0.1) is 0 Å². The normalized spacial score (nSPS) is 12.2. The first-order valence-corrected chi connectivity index (χ1v) is 6.84. The Hall–Kier alpha value is -1.26. The van der Waals surface area contributed by atoms with Crippen LogP contribution in [0.3, 0.4) is 0 Å². The molecule has 1 atom stereocenters. The molecule has 0 aliphatic rings. The first-order valence-electron chi connectivity index (χ1n) is 6.84. The molecule has 19 heavy (non-hydrogen) atoms. The highest BCUT2D eigenvalue weighted by molar-refractivity contribution is 5.47. The molecule has 1 aromatic rings. The molecule has 0 radical (unpaired) electrons. The van der Waals surface area contributed by atoms with Crippen LogP contribution in [-0.2, 0) is 11.2 Å². The Morgan fingerprint density at radius 2 is 2.00 bits per heavy atom. The van der Waals surface area contributed by atoms with Gasteiger partial charge in [-0.05, 0) is 31.4 Å². The highest BCUT2D eigenvalue weighted by Gasteiger charge is 2.12. The lowest BCUT2D eigenvalue weighted by atomic mass is 10.0. The summed E-state index contributed by atoms with van der Waals surface area (Å²) in [5, 5.41) is 0. The molecule has 0 heterocycles. The molecule has 2 N–H and O–H groups in total. The molecule has 0 saturated heterocycles. The maximum absolute atomic E-state index is 6.02. The van der Waals surface area contributed by atoms with Gasteiger partial charge < -0.3 is 19.9 Å². The number of benzene rings is 1. The molecule has 1 aromatic carbocycles. The van der Waals surface area contributed by atoms with E-state index in [2.05, 4.69) is 6.92 Å². The highest BCUT2D eigenvalue weighted by atomic mass is 16.5. The first kappa shape index (κ1) is 15.8. The van der Waals surface area contributed by atoms with Crippen molar-refractivity contribution in [1.82, 2.24) is 0 Å². The molecule has 4 heteroatoms. The SMILES string of the molecule is CCOCCOc1c(CC(N)CC)cccc1OC. The van der Waals surface area contributed by atoms with Crippen LogP contribution in [0.15, 0.2) is 18.2 Å². The number of rotatable bonds is 9. The Morgan fingerprint density at radius 1 is 1.21 bits per heavy atom. The van der Waals surface area contributed by atoms with Crippen LogP contribution in [-0.4, -0.2) is 33.0 Å². The van der Waals surface area contributed by atoms with Crippen LogP contribution in [0.2, 0.25) is 0 Å². The summed E-state index contributed by atoms with van der Waals surface area (Å²) >= 11 is 0. The Kier molecular flexibility index (Phi) is 7.30. The molecule has 0 aliphatic carbocycles. The number of para-hydroxylation sites is 1. The van der Waals surface area contributed by atoms with E-state index in [0.717, 1.165) is 29.9 Å². The van der Waals surface area contributed by atoms with E-state index in [-0.39, 0.29) is 6.04 Å². The molecule has 0 bridgehead atoms. The molecule has 0 fully saturated rings. The van der Waals surface area contributed by atoms with Crippen molar-refractivity contribution in [3.05, 3.63) is 23.8 Å². The smallest absolute Gasteiger partial charge is 0.164 e. The van der Waals surface area contributed by atoms with Crippen molar-refractivity contribution in [2.24, 2.45) is 5.73 Å². The second-order valence-corrected chi connectivity index (χ2v) is 4.37. The predicted octanol–water partition coefficient (Wildman–Crippen LogP) is 2.39. The van der Waals surface area contributed by atoms with Crippen molar-refractivity contribution in [3.8, 4) is 11.5 Å². The molecule has 0 spiro atoms. The lowest BCUT2D eigenvalue weighted by molar-refractivity contribution is 0.108. The van der Waals surface area contributed by atoms with Gasteiger partial charge in [0, 0.05) is 12.6 Å². The summed E-state index contributed by atoms with van der Waals surface area (Å²) in [5.74, 6) is 1.53. The summed E-state index contributed by atoms with van der Waals surface area (Å²) in [4.78, 5) is 0. The summed E-state index contributed by atoms with van der Waals surface area (Å²) in [6.45, 7) is 5.84. The fourth-order valence-corrected chi connectivity index (χ4v) is 1.82. The molecule has 0 aromatic heterocycles. The second kappa shape index (κ2) is 8.77. The first-order chi connectivity index (χ1) is 9.22. The average molecular weight is 267 g/mol. The average Bonchev–Trinajstić information content (AvgIpc) is 2.44. The molecular formula is C15H25NO3. The highest BCUT2D eigenvalue weighted by Crippen LogP contribution is 2.31. The monoisotopic (exact) mass is 267 g/mol. The molecule has 108 valence electrons. The van der Waals surface area contributed by atoms with Gasteiger partial charge in [0.2, 0.25) is 0 Å². The van der Waals surface area contributed by atoms with E-state index >= 15 is 0 Å². The molecule has 0 saturated carbocycles. The van der Waals surface area contributed by atoms with Crippen molar-refractivity contribution >= 4 is 0 Å². The van der Waals surface area contributed by atoms with E-state index in [1.54, 1.807) is 7.11 Å². The Morgan fingerprint density at radius 3 is 2.63 bits per heavy atom. The van der Waals surface area contributed by atoms with Gasteiger partial charge in [0.05, 0.1) is 13.7 Å². The summed E-state index contributed by atoms with van der Waals surface area (Å²) in [5.41, 5.74) is 7.11. The van der Waals surface area contributed by atoms with Crippen LogP contribution in [0.5, 0.6) is 11.5 Å². The molecule has 1 rings (SSSR count). The van der Waals surface area contributed by atoms with Gasteiger partial charge in [-0.2, -0.15) is 0 Å². The van der Waals surface area contributed by atoms with Gasteiger partial charge in [-0.25, -0.2) is 0 Å². The summed E-state index contributed by atoms with van der Waals surface area (Å²) in [7, 11) is 1.65. The Labute approximate surface area is 115 Å². The van der Waals surface area contributed by atoms with E-state index in [9.17, 15) is 0 Å². The van der Waals surface area contributed by atoms with Crippen molar-refractivity contribution in [3.63, 3.8) is 0 Å². The third kappa shape index (κ3) is 5.09. The third-order valence-corrected chi connectivity index (χ3v) is 2.97. The van der Waals surface area contributed by atoms with Gasteiger partial charge in [-0.3, -0.25) is 0 Å². The van der Waals surface area contributed by atoms with Crippen LogP contribution in [0.1, 0.15) is 25.8 Å². The number of methoxy groups -OCH3 is 1. The minimum atomic E-state index is 0.140. The Balaban J connectivity index is 2.77. The van der Waals surface area contributed by atoms with Crippen molar-refractivity contribution in [2.75, 3.05) is 26.9 Å². The van der Waals surface area contributed by atoms with Crippen LogP contribution in [0.25, 0.3) is 0 Å². The van der Waals surface area contributed by atoms with Gasteiger partial charge in [0.15, 0.2) is 11.5 Å². The zero-order valence-electron chi connectivity index (χ0n) is 12.1. The molecule has 1 unspecified atom stereocenters. The summed E-state index contributed by atoms with van der Waals surface area (Å²) in [6, 6.07) is 6.04. The van der Waals surface area contributed by atoms with Crippen molar-refractivity contribution in [1.29, 1.82) is 0 Å². The number of nitrogens with two attached hydrogens (primary N) is 1. The fourth-order valence-electron chi connectivity index (χ4n) is 1.82. The van der Waals surface area contributed by atoms with Crippen molar-refractivity contribution in [2.45, 2.75) is 32.7 Å². The maximum atomic E-state index is 6.02. The predicted molar refractivity (Wildman–Crippen MR) is 77.0 cm³/mol. The van der Waals surface area contributed by atoms with E-state index < -0.39 is 0 Å². The number of hydrogen-bond acceptors (Lipinski definition) is 4. The minimum Gasteiger partial charge on any atom is -0.493 e. The van der Waals surface area contributed by atoms with E-state index in [4.69, 9.17) is 19.9 Å². The van der Waals surface area contributed by atoms with Crippen molar-refractivity contribution < 1.29 is 14.2 Å².